The first-order chi connectivity index (χ1) is 18.5. The average molecular weight is 510 g/mol. The molecule has 1 aromatic heterocycles. The number of allylic oxidation sites excluding steroid dienone is 1. The molecule has 3 N–H and O–H groups in total. The van der Waals surface area contributed by atoms with E-state index in [4.69, 9.17) is 0 Å². The van der Waals surface area contributed by atoms with E-state index in [1.165, 1.54) is 18.4 Å². The van der Waals surface area contributed by atoms with E-state index in [9.17, 15) is 9.90 Å². The van der Waals surface area contributed by atoms with Gasteiger partial charge in [-0.15, -0.1) is 0 Å². The van der Waals surface area contributed by atoms with Crippen LogP contribution in [-0.2, 0) is 12.8 Å². The van der Waals surface area contributed by atoms with Gasteiger partial charge in [-0.2, -0.15) is 5.10 Å². The summed E-state index contributed by atoms with van der Waals surface area (Å²) < 4.78 is 0. The highest BCUT2D eigenvalue weighted by Crippen LogP contribution is 2.32. The van der Waals surface area contributed by atoms with E-state index >= 15 is 0 Å². The van der Waals surface area contributed by atoms with Gasteiger partial charge in [0.1, 0.15) is 0 Å². The third-order valence-electron chi connectivity index (χ3n) is 7.55. The highest BCUT2D eigenvalue weighted by atomic mass is 16.3. The molecule has 1 aliphatic carbocycles. The van der Waals surface area contributed by atoms with Gasteiger partial charge >= 0.3 is 0 Å². The van der Waals surface area contributed by atoms with Gasteiger partial charge in [-0.25, -0.2) is 0 Å². The Kier molecular flexibility index (Phi) is 9.95. The van der Waals surface area contributed by atoms with Gasteiger partial charge in [-0.3, -0.25) is 9.89 Å². The number of carbonyl (C=O) groups excluding carboxylic acids is 1. The maximum absolute atomic E-state index is 12.9. The second kappa shape index (κ2) is 13.8. The molecule has 0 spiro atoms. The molecule has 4 rings (SSSR count). The van der Waals surface area contributed by atoms with Gasteiger partial charge in [0.15, 0.2) is 0 Å². The van der Waals surface area contributed by atoms with Gasteiger partial charge < -0.3 is 10.4 Å². The first kappa shape index (κ1) is 27.4. The van der Waals surface area contributed by atoms with E-state index in [-0.39, 0.29) is 5.91 Å². The normalized spacial score (nSPS) is 16.9. The number of benzene rings is 2. The number of aliphatic hydroxyl groups excluding tert-OH is 1. The Bertz CT molecular complexity index is 1270. The molecule has 5 nitrogen and oxygen atoms in total. The lowest BCUT2D eigenvalue weighted by molar-refractivity contribution is 0.0953. The molecule has 2 aromatic carbocycles. The van der Waals surface area contributed by atoms with E-state index in [2.05, 4.69) is 40.0 Å². The molecule has 0 aliphatic heterocycles. The van der Waals surface area contributed by atoms with Crippen LogP contribution in [0, 0.1) is 23.7 Å². The molecular formula is C33H39N3O2. The van der Waals surface area contributed by atoms with Crippen LogP contribution in [0.15, 0.2) is 61.4 Å². The number of rotatable bonds is 10. The second-order valence-electron chi connectivity index (χ2n) is 10.6. The Labute approximate surface area is 226 Å². The molecule has 1 fully saturated rings. The molecule has 1 heterocycles. The lowest BCUT2D eigenvalue weighted by Crippen LogP contribution is -2.25. The van der Waals surface area contributed by atoms with E-state index in [1.54, 1.807) is 0 Å². The van der Waals surface area contributed by atoms with Gasteiger partial charge in [0, 0.05) is 36.0 Å². The van der Waals surface area contributed by atoms with Crippen LogP contribution in [0.1, 0.15) is 83.6 Å². The smallest absolute Gasteiger partial charge is 0.251 e. The summed E-state index contributed by atoms with van der Waals surface area (Å²) in [7, 11) is 0. The summed E-state index contributed by atoms with van der Waals surface area (Å²) in [5, 5.41) is 19.4. The molecule has 2 unspecified atom stereocenters. The fraction of sp³-hybridized carbons (Fsp3) is 0.394. The number of aliphatic hydroxyl groups is 1. The van der Waals surface area contributed by atoms with Crippen molar-refractivity contribution in [1.82, 2.24) is 15.5 Å². The number of H-pyrrole nitrogens is 1. The first-order valence-corrected chi connectivity index (χ1v) is 13.8. The quantitative estimate of drug-likeness (QED) is 0.234. The van der Waals surface area contributed by atoms with Crippen LogP contribution in [0.2, 0.25) is 0 Å². The Hall–Kier alpha value is -3.62. The van der Waals surface area contributed by atoms with Crippen molar-refractivity contribution in [3.63, 3.8) is 0 Å². The predicted molar refractivity (Wildman–Crippen MR) is 154 cm³/mol. The Morgan fingerprint density at radius 1 is 1.11 bits per heavy atom. The average Bonchev–Trinajstić information content (AvgIpc) is 3.47. The molecule has 2 atom stereocenters. The van der Waals surface area contributed by atoms with E-state index in [0.717, 1.165) is 66.4 Å². The Balaban J connectivity index is 1.46. The van der Waals surface area contributed by atoms with Crippen LogP contribution < -0.4 is 5.32 Å². The van der Waals surface area contributed by atoms with Crippen molar-refractivity contribution in [1.29, 1.82) is 0 Å². The number of aromatic amines is 1. The zero-order chi connectivity index (χ0) is 26.7. The standard InChI is InChI=1S/C33H39N3O2/c1-24(2)29-12-8-25(9-13-29)10-15-31-20-32(33(38)34-18-4-7-28-21-35-36-22-28)17-16-30(31)14-11-26-5-3-6-27(19-26)23-37/h8-9,12-13,16-17,20-22,26-27,37H,1,3-7,11,14,18-19,23H2,2H3,(H,34,38)(H,35,36). The molecule has 5 heteroatoms. The second-order valence-corrected chi connectivity index (χ2v) is 10.6. The van der Waals surface area contributed by atoms with Gasteiger partial charge in [-0.1, -0.05) is 55.0 Å². The van der Waals surface area contributed by atoms with Crippen molar-refractivity contribution >= 4 is 11.5 Å². The van der Waals surface area contributed by atoms with E-state index in [0.29, 0.717) is 30.6 Å². The van der Waals surface area contributed by atoms with E-state index < -0.39 is 0 Å². The third kappa shape index (κ3) is 7.94. The minimum atomic E-state index is -0.0735. The predicted octanol–water partition coefficient (Wildman–Crippen LogP) is 5.94. The van der Waals surface area contributed by atoms with Crippen LogP contribution in [-0.4, -0.2) is 34.4 Å². The molecule has 0 saturated heterocycles. The van der Waals surface area contributed by atoms with Crippen LogP contribution in [0.4, 0.5) is 0 Å². The highest BCUT2D eigenvalue weighted by molar-refractivity contribution is 5.94. The lowest BCUT2D eigenvalue weighted by Gasteiger charge is -2.28. The number of aromatic nitrogens is 2. The number of nitrogens with zero attached hydrogens (tertiary/aromatic N) is 1. The number of carbonyl (C=O) groups is 1. The topological polar surface area (TPSA) is 78.0 Å². The molecule has 198 valence electrons. The summed E-state index contributed by atoms with van der Waals surface area (Å²) in [4.78, 5) is 12.9. The lowest BCUT2D eigenvalue weighted by atomic mass is 9.79. The first-order valence-electron chi connectivity index (χ1n) is 13.8. The molecule has 3 aromatic rings. The summed E-state index contributed by atoms with van der Waals surface area (Å²) in [5.74, 6) is 7.67. The van der Waals surface area contributed by atoms with Crippen molar-refractivity contribution in [2.75, 3.05) is 13.2 Å². The number of hydrogen-bond acceptors (Lipinski definition) is 3. The zero-order valence-corrected chi connectivity index (χ0v) is 22.4. The fourth-order valence-electron chi connectivity index (χ4n) is 5.23. The highest BCUT2D eigenvalue weighted by Gasteiger charge is 2.21. The molecule has 0 bridgehead atoms. The van der Waals surface area contributed by atoms with Crippen molar-refractivity contribution in [2.45, 2.75) is 58.3 Å². The van der Waals surface area contributed by atoms with Crippen molar-refractivity contribution in [2.24, 2.45) is 11.8 Å². The van der Waals surface area contributed by atoms with Crippen molar-refractivity contribution in [3.05, 3.63) is 94.8 Å². The molecule has 0 radical (unpaired) electrons. The van der Waals surface area contributed by atoms with Crippen molar-refractivity contribution in [3.8, 4) is 11.8 Å². The molecule has 1 saturated carbocycles. The van der Waals surface area contributed by atoms with Crippen LogP contribution in [0.5, 0.6) is 0 Å². The van der Waals surface area contributed by atoms with Crippen molar-refractivity contribution < 1.29 is 9.90 Å². The van der Waals surface area contributed by atoms with Crippen LogP contribution >= 0.6 is 0 Å². The molecule has 1 aliphatic rings. The van der Waals surface area contributed by atoms with E-state index in [1.807, 2.05) is 55.7 Å². The third-order valence-corrected chi connectivity index (χ3v) is 7.55. The monoisotopic (exact) mass is 509 g/mol. The number of hydrogen-bond donors (Lipinski definition) is 3. The summed E-state index contributed by atoms with van der Waals surface area (Å²) in [6, 6.07) is 14.1. The van der Waals surface area contributed by atoms with Gasteiger partial charge in [-0.05, 0) is 98.2 Å². The maximum atomic E-state index is 12.9. The summed E-state index contributed by atoms with van der Waals surface area (Å²) in [5.41, 5.74) is 6.94. The Morgan fingerprint density at radius 3 is 2.63 bits per heavy atom. The summed E-state index contributed by atoms with van der Waals surface area (Å²) >= 11 is 0. The summed E-state index contributed by atoms with van der Waals surface area (Å²) in [6.07, 6.45) is 12.1. The minimum absolute atomic E-state index is 0.0735. The minimum Gasteiger partial charge on any atom is -0.396 e. The van der Waals surface area contributed by atoms with Gasteiger partial charge in [0.05, 0.1) is 6.20 Å². The molecule has 38 heavy (non-hydrogen) atoms. The molecule has 1 amide bonds. The number of nitrogens with one attached hydrogen (secondary N) is 2. The number of amides is 1. The SMILES string of the molecule is C=C(C)c1ccc(C#Cc2cc(C(=O)NCCCc3cn[nH]c3)ccc2CCC2CCCC(CO)C2)cc1. The van der Waals surface area contributed by atoms with Gasteiger partial charge in [0.25, 0.3) is 5.91 Å². The zero-order valence-electron chi connectivity index (χ0n) is 22.4. The fourth-order valence-corrected chi connectivity index (χ4v) is 5.23. The largest absolute Gasteiger partial charge is 0.396 e. The number of aryl methyl sites for hydroxylation is 2. The van der Waals surface area contributed by atoms with Crippen LogP contribution in [0.3, 0.4) is 0 Å². The van der Waals surface area contributed by atoms with Crippen LogP contribution in [0.25, 0.3) is 5.57 Å². The maximum Gasteiger partial charge on any atom is 0.251 e. The van der Waals surface area contributed by atoms with Gasteiger partial charge in [0.2, 0.25) is 0 Å². The Morgan fingerprint density at radius 2 is 1.89 bits per heavy atom. The molecular weight excluding hydrogens is 470 g/mol. The summed E-state index contributed by atoms with van der Waals surface area (Å²) in [6.45, 7) is 6.90.